The van der Waals surface area contributed by atoms with E-state index in [1.54, 1.807) is 0 Å². The predicted octanol–water partition coefficient (Wildman–Crippen LogP) is -0.621. The quantitative estimate of drug-likeness (QED) is 0.489. The molecular formula is BaO2V-2. The van der Waals surface area contributed by atoms with Crippen LogP contribution in [0.4, 0.5) is 0 Å². The van der Waals surface area contributed by atoms with E-state index in [0.717, 1.165) is 0 Å². The van der Waals surface area contributed by atoms with Crippen LogP contribution < -0.4 is 0 Å². The van der Waals surface area contributed by atoms with E-state index >= 15 is 0 Å². The molecular weight excluding hydrogens is 220 g/mol. The van der Waals surface area contributed by atoms with Crippen LogP contribution in [0.1, 0.15) is 0 Å². The molecule has 0 atom stereocenters. The molecule has 0 aromatic carbocycles. The van der Waals surface area contributed by atoms with Crippen molar-refractivity contribution in [2.45, 2.75) is 0 Å². The molecule has 0 bridgehead atoms. The molecule has 0 saturated heterocycles. The Morgan fingerprint density at radius 1 is 0.750 bits per heavy atom. The Morgan fingerprint density at radius 2 is 0.750 bits per heavy atom. The van der Waals surface area contributed by atoms with Crippen LogP contribution in [-0.4, -0.2) is 48.9 Å². The fraction of sp³-hybridized carbons (Fsp3) is 0. The molecule has 0 saturated carbocycles. The Balaban J connectivity index is 0. The molecule has 21 valence electrons. The maximum absolute atomic E-state index is 0. The van der Waals surface area contributed by atoms with E-state index in [4.69, 9.17) is 0 Å². The summed E-state index contributed by atoms with van der Waals surface area (Å²) in [4.78, 5) is 0. The van der Waals surface area contributed by atoms with Crippen LogP contribution >= 0.6 is 0 Å². The fourth-order valence-corrected chi connectivity index (χ4v) is 0. The van der Waals surface area contributed by atoms with Crippen LogP contribution in [-0.2, 0) is 29.5 Å². The van der Waals surface area contributed by atoms with Crippen LogP contribution in [0.25, 0.3) is 0 Å². The van der Waals surface area contributed by atoms with Gasteiger partial charge in [-0.3, -0.25) is 0 Å². The topological polar surface area (TPSA) is 57.0 Å². The van der Waals surface area contributed by atoms with Crippen molar-refractivity contribution >= 4 is 48.9 Å². The Hall–Kier alpha value is 2.08. The first kappa shape index (κ1) is 36.3. The Morgan fingerprint density at radius 3 is 0.750 bits per heavy atom. The SMILES string of the molecule is [Ba+2].[O-2].[O-2].[V]. The average Bonchev–Trinajstić information content (AvgIpc) is 0. The van der Waals surface area contributed by atoms with E-state index in [-0.39, 0.29) is 78.4 Å². The van der Waals surface area contributed by atoms with Gasteiger partial charge in [0, 0.05) is 18.6 Å². The third kappa shape index (κ3) is 8.95. The van der Waals surface area contributed by atoms with Gasteiger partial charge in [0.05, 0.1) is 0 Å². The summed E-state index contributed by atoms with van der Waals surface area (Å²) in [5.41, 5.74) is 0. The molecule has 0 aromatic rings. The van der Waals surface area contributed by atoms with E-state index in [1.165, 1.54) is 0 Å². The van der Waals surface area contributed by atoms with E-state index in [0.29, 0.717) is 0 Å². The Bertz CT molecular complexity index is 6.00. The summed E-state index contributed by atoms with van der Waals surface area (Å²) in [5.74, 6) is 0. The van der Waals surface area contributed by atoms with Crippen LogP contribution in [0.15, 0.2) is 0 Å². The molecule has 0 aliphatic carbocycles. The molecule has 0 heterocycles. The Labute approximate surface area is 76.9 Å². The Kier molecular flexibility index (Phi) is 178. The first-order valence-electron chi connectivity index (χ1n) is 0. The molecule has 0 spiro atoms. The average molecular weight is 220 g/mol. The zero-order valence-electron chi connectivity index (χ0n) is 1.97. The number of hydrogen-bond donors (Lipinski definition) is 0. The van der Waals surface area contributed by atoms with Gasteiger partial charge in [0.2, 0.25) is 0 Å². The summed E-state index contributed by atoms with van der Waals surface area (Å²) in [5, 5.41) is 0. The zero-order valence-corrected chi connectivity index (χ0v) is 7.81. The first-order chi connectivity index (χ1) is 0. The second-order valence-electron chi connectivity index (χ2n) is 0. The minimum atomic E-state index is 0. The van der Waals surface area contributed by atoms with Crippen molar-refractivity contribution in [3.63, 3.8) is 0 Å². The maximum Gasteiger partial charge on any atom is 2.00 e. The van der Waals surface area contributed by atoms with Gasteiger partial charge in [-0.15, -0.1) is 0 Å². The maximum atomic E-state index is 0. The van der Waals surface area contributed by atoms with Gasteiger partial charge in [-0.25, -0.2) is 0 Å². The van der Waals surface area contributed by atoms with Gasteiger partial charge < -0.3 is 11.0 Å². The van der Waals surface area contributed by atoms with Gasteiger partial charge in [-0.2, -0.15) is 0 Å². The van der Waals surface area contributed by atoms with Gasteiger partial charge in [0.1, 0.15) is 0 Å². The summed E-state index contributed by atoms with van der Waals surface area (Å²) >= 11 is 0. The number of hydrogen-bond acceptors (Lipinski definition) is 0. The molecule has 4 heavy (non-hydrogen) atoms. The molecule has 0 aliphatic rings. The second-order valence-corrected chi connectivity index (χ2v) is 0. The smallest absolute Gasteiger partial charge is 2.00 e. The molecule has 0 fully saturated rings. The van der Waals surface area contributed by atoms with E-state index < -0.39 is 0 Å². The minimum absolute atomic E-state index is 0. The third-order valence-electron chi connectivity index (χ3n) is 0. The summed E-state index contributed by atoms with van der Waals surface area (Å²) in [6, 6.07) is 0. The molecule has 2 nitrogen and oxygen atoms in total. The van der Waals surface area contributed by atoms with Crippen LogP contribution in [0, 0.1) is 0 Å². The van der Waals surface area contributed by atoms with Gasteiger partial charge in [-0.1, -0.05) is 0 Å². The first-order valence-corrected chi connectivity index (χ1v) is 0. The molecule has 0 aromatic heterocycles. The number of rotatable bonds is 0. The molecule has 0 rings (SSSR count). The van der Waals surface area contributed by atoms with Gasteiger partial charge >= 0.3 is 48.9 Å². The molecule has 0 unspecified atom stereocenters. The van der Waals surface area contributed by atoms with Gasteiger partial charge in [0.25, 0.3) is 0 Å². The summed E-state index contributed by atoms with van der Waals surface area (Å²) < 4.78 is 0. The third-order valence-corrected chi connectivity index (χ3v) is 0. The summed E-state index contributed by atoms with van der Waals surface area (Å²) in [6.07, 6.45) is 0. The standard InChI is InChI=1S/Ba.2O.V/q+2;2*-2;. The van der Waals surface area contributed by atoms with Crippen molar-refractivity contribution in [1.29, 1.82) is 0 Å². The largest absolute Gasteiger partial charge is 2.00 e. The van der Waals surface area contributed by atoms with E-state index in [1.807, 2.05) is 0 Å². The van der Waals surface area contributed by atoms with E-state index in [2.05, 4.69) is 0 Å². The van der Waals surface area contributed by atoms with Gasteiger partial charge in [-0.05, 0) is 0 Å². The zero-order chi connectivity index (χ0) is 0. The molecule has 1 radical (unpaired) electrons. The van der Waals surface area contributed by atoms with Crippen LogP contribution in [0.5, 0.6) is 0 Å². The van der Waals surface area contributed by atoms with Crippen molar-refractivity contribution in [3.05, 3.63) is 0 Å². The summed E-state index contributed by atoms with van der Waals surface area (Å²) in [6.45, 7) is 0. The van der Waals surface area contributed by atoms with Crippen LogP contribution in [0.3, 0.4) is 0 Å². The van der Waals surface area contributed by atoms with Crippen molar-refractivity contribution in [3.8, 4) is 0 Å². The normalized spacial score (nSPS) is 0. The summed E-state index contributed by atoms with van der Waals surface area (Å²) in [7, 11) is 0. The van der Waals surface area contributed by atoms with Crippen molar-refractivity contribution in [2.75, 3.05) is 0 Å². The van der Waals surface area contributed by atoms with Crippen molar-refractivity contribution < 1.29 is 29.5 Å². The molecule has 0 amide bonds. The van der Waals surface area contributed by atoms with Gasteiger partial charge in [0.15, 0.2) is 0 Å². The van der Waals surface area contributed by atoms with Crippen molar-refractivity contribution in [1.82, 2.24) is 0 Å². The minimum Gasteiger partial charge on any atom is -2.00 e. The molecule has 0 aliphatic heterocycles. The fourth-order valence-electron chi connectivity index (χ4n) is 0. The van der Waals surface area contributed by atoms with Crippen molar-refractivity contribution in [2.24, 2.45) is 0 Å². The molecule has 0 N–H and O–H groups in total. The van der Waals surface area contributed by atoms with Crippen LogP contribution in [0.2, 0.25) is 0 Å². The predicted molar refractivity (Wildman–Crippen MR) is 7.13 cm³/mol. The van der Waals surface area contributed by atoms with E-state index in [9.17, 15) is 0 Å². The second kappa shape index (κ2) is 19.6. The monoisotopic (exact) mass is 221 g/mol. The molecule has 4 heteroatoms.